The van der Waals surface area contributed by atoms with E-state index in [0.717, 1.165) is 32.2 Å². The molecule has 1 saturated carbocycles. The van der Waals surface area contributed by atoms with Crippen LogP contribution in [0.4, 0.5) is 4.39 Å². The molecule has 0 unspecified atom stereocenters. The highest BCUT2D eigenvalue weighted by Crippen LogP contribution is 2.35. The van der Waals surface area contributed by atoms with E-state index in [0.29, 0.717) is 33.6 Å². The first-order chi connectivity index (χ1) is 10.2. The van der Waals surface area contributed by atoms with E-state index in [4.69, 9.17) is 10.3 Å². The molecule has 1 aliphatic carbocycles. The summed E-state index contributed by atoms with van der Waals surface area (Å²) in [5, 5.41) is 3.98. The average molecular weight is 354 g/mol. The van der Waals surface area contributed by atoms with Crippen molar-refractivity contribution in [1.82, 2.24) is 10.1 Å². The molecule has 1 heterocycles. The van der Waals surface area contributed by atoms with Gasteiger partial charge < -0.3 is 10.3 Å². The number of halogens is 2. The lowest BCUT2D eigenvalue weighted by Crippen LogP contribution is -2.20. The number of nitrogens with two attached hydrogens (primary N) is 1. The molecule has 1 aromatic heterocycles. The van der Waals surface area contributed by atoms with Gasteiger partial charge in [-0.15, -0.1) is 0 Å². The molecule has 0 bridgehead atoms. The molecule has 1 aliphatic rings. The van der Waals surface area contributed by atoms with Gasteiger partial charge in [0.2, 0.25) is 11.7 Å². The minimum absolute atomic E-state index is 0.297. The predicted octanol–water partition coefficient (Wildman–Crippen LogP) is 3.87. The zero-order chi connectivity index (χ0) is 14.8. The molecular formula is C15H17BrFN3O. The first-order valence-electron chi connectivity index (χ1n) is 7.16. The Morgan fingerprint density at radius 2 is 2.00 bits per heavy atom. The summed E-state index contributed by atoms with van der Waals surface area (Å²) in [7, 11) is 0. The number of aromatic nitrogens is 2. The van der Waals surface area contributed by atoms with Crippen LogP contribution < -0.4 is 5.73 Å². The molecule has 0 saturated heterocycles. The van der Waals surface area contributed by atoms with Crippen LogP contribution >= 0.6 is 15.9 Å². The van der Waals surface area contributed by atoms with Crippen molar-refractivity contribution in [3.8, 4) is 11.4 Å². The van der Waals surface area contributed by atoms with E-state index >= 15 is 0 Å². The van der Waals surface area contributed by atoms with Crippen molar-refractivity contribution in [2.45, 2.75) is 31.6 Å². The lowest BCUT2D eigenvalue weighted by molar-refractivity contribution is 0.275. The third-order valence-corrected chi connectivity index (χ3v) is 4.55. The van der Waals surface area contributed by atoms with Gasteiger partial charge in [0.15, 0.2) is 0 Å². The predicted molar refractivity (Wildman–Crippen MR) is 81.1 cm³/mol. The third kappa shape index (κ3) is 3.32. The fraction of sp³-hybridized carbons (Fsp3) is 0.467. The second-order valence-corrected chi connectivity index (χ2v) is 6.48. The molecule has 6 heteroatoms. The smallest absolute Gasteiger partial charge is 0.230 e. The van der Waals surface area contributed by atoms with Gasteiger partial charge in [0.05, 0.1) is 0 Å². The third-order valence-electron chi connectivity index (χ3n) is 4.09. The second kappa shape index (κ2) is 6.23. The molecule has 0 atom stereocenters. The monoisotopic (exact) mass is 353 g/mol. The quantitative estimate of drug-likeness (QED) is 0.909. The van der Waals surface area contributed by atoms with Gasteiger partial charge in [-0.1, -0.05) is 21.1 Å². The summed E-state index contributed by atoms with van der Waals surface area (Å²) in [6.45, 7) is 0.749. The lowest BCUT2D eigenvalue weighted by atomic mass is 9.82. The fourth-order valence-corrected chi connectivity index (χ4v) is 3.31. The number of benzene rings is 1. The number of nitrogens with zero attached hydrogens (tertiary/aromatic N) is 2. The number of rotatable bonds is 3. The highest BCUT2D eigenvalue weighted by Gasteiger charge is 2.26. The van der Waals surface area contributed by atoms with E-state index in [1.807, 2.05) is 0 Å². The molecule has 0 amide bonds. The van der Waals surface area contributed by atoms with E-state index in [1.54, 1.807) is 6.07 Å². The van der Waals surface area contributed by atoms with Crippen molar-refractivity contribution in [3.05, 3.63) is 34.4 Å². The molecule has 2 aromatic rings. The summed E-state index contributed by atoms with van der Waals surface area (Å²) in [5.74, 6) is 1.68. The number of hydrogen-bond acceptors (Lipinski definition) is 4. The average Bonchev–Trinajstić information content (AvgIpc) is 2.96. The summed E-state index contributed by atoms with van der Waals surface area (Å²) in [6, 6.07) is 4.59. The van der Waals surface area contributed by atoms with Gasteiger partial charge in [-0.2, -0.15) is 4.98 Å². The zero-order valence-electron chi connectivity index (χ0n) is 11.6. The lowest BCUT2D eigenvalue weighted by Gasteiger charge is -2.24. The summed E-state index contributed by atoms with van der Waals surface area (Å²) < 4.78 is 19.5. The topological polar surface area (TPSA) is 64.9 Å². The molecule has 2 N–H and O–H groups in total. The molecule has 1 fully saturated rings. The highest BCUT2D eigenvalue weighted by molar-refractivity contribution is 9.10. The summed E-state index contributed by atoms with van der Waals surface area (Å²) >= 11 is 3.27. The molecule has 3 rings (SSSR count). The van der Waals surface area contributed by atoms with Crippen molar-refractivity contribution >= 4 is 15.9 Å². The molecule has 21 heavy (non-hydrogen) atoms. The van der Waals surface area contributed by atoms with E-state index < -0.39 is 0 Å². The maximum atomic E-state index is 13.4. The fourth-order valence-electron chi connectivity index (χ4n) is 2.85. The van der Waals surface area contributed by atoms with Gasteiger partial charge in [0.25, 0.3) is 0 Å². The SMILES string of the molecule is NCC1CCC(c2nc(-c3cc(F)cc(Br)c3)no2)CC1. The van der Waals surface area contributed by atoms with E-state index in [2.05, 4.69) is 26.1 Å². The Balaban J connectivity index is 1.77. The Morgan fingerprint density at radius 3 is 2.67 bits per heavy atom. The van der Waals surface area contributed by atoms with Crippen LogP contribution in [0, 0.1) is 11.7 Å². The van der Waals surface area contributed by atoms with Crippen LogP contribution in [0.15, 0.2) is 27.2 Å². The standard InChI is InChI=1S/C15H17BrFN3O/c16-12-5-11(6-13(17)7-12)14-19-15(21-20-14)10-3-1-9(8-18)2-4-10/h5-7,9-10H,1-4,8,18H2. The molecular weight excluding hydrogens is 337 g/mol. The van der Waals surface area contributed by atoms with E-state index in [9.17, 15) is 4.39 Å². The van der Waals surface area contributed by atoms with Gasteiger partial charge in [-0.25, -0.2) is 4.39 Å². The molecule has 0 radical (unpaired) electrons. The zero-order valence-corrected chi connectivity index (χ0v) is 13.1. The van der Waals surface area contributed by atoms with E-state index in [-0.39, 0.29) is 5.82 Å². The summed E-state index contributed by atoms with van der Waals surface area (Å²) in [4.78, 5) is 4.44. The van der Waals surface area contributed by atoms with Gasteiger partial charge >= 0.3 is 0 Å². The summed E-state index contributed by atoms with van der Waals surface area (Å²) in [6.07, 6.45) is 4.25. The Bertz CT molecular complexity index is 603. The molecule has 112 valence electrons. The molecule has 0 spiro atoms. The van der Waals surface area contributed by atoms with Crippen LogP contribution in [0.1, 0.15) is 37.5 Å². The van der Waals surface area contributed by atoms with Gasteiger partial charge in [0, 0.05) is 16.0 Å². The van der Waals surface area contributed by atoms with Crippen LogP contribution in [-0.2, 0) is 0 Å². The van der Waals surface area contributed by atoms with Crippen LogP contribution in [0.3, 0.4) is 0 Å². The van der Waals surface area contributed by atoms with Gasteiger partial charge in [-0.3, -0.25) is 0 Å². The Hall–Kier alpha value is -1.27. The van der Waals surface area contributed by atoms with Crippen LogP contribution in [-0.4, -0.2) is 16.7 Å². The highest BCUT2D eigenvalue weighted by atomic mass is 79.9. The van der Waals surface area contributed by atoms with Crippen molar-refractivity contribution in [3.63, 3.8) is 0 Å². The maximum absolute atomic E-state index is 13.4. The molecule has 1 aromatic carbocycles. The Morgan fingerprint density at radius 1 is 1.24 bits per heavy atom. The van der Waals surface area contributed by atoms with Crippen LogP contribution in [0.25, 0.3) is 11.4 Å². The van der Waals surface area contributed by atoms with Crippen molar-refractivity contribution < 1.29 is 8.91 Å². The van der Waals surface area contributed by atoms with Gasteiger partial charge in [0.1, 0.15) is 5.82 Å². The van der Waals surface area contributed by atoms with Crippen LogP contribution in [0.2, 0.25) is 0 Å². The summed E-state index contributed by atoms with van der Waals surface area (Å²) in [5.41, 5.74) is 6.32. The maximum Gasteiger partial charge on any atom is 0.230 e. The minimum atomic E-state index is -0.325. The molecule has 4 nitrogen and oxygen atoms in total. The van der Waals surface area contributed by atoms with E-state index in [1.165, 1.54) is 12.1 Å². The largest absolute Gasteiger partial charge is 0.339 e. The van der Waals surface area contributed by atoms with Crippen molar-refractivity contribution in [1.29, 1.82) is 0 Å². The second-order valence-electron chi connectivity index (χ2n) is 5.57. The van der Waals surface area contributed by atoms with Crippen molar-refractivity contribution in [2.24, 2.45) is 11.7 Å². The Labute approximate surface area is 131 Å². The molecule has 0 aliphatic heterocycles. The normalized spacial score (nSPS) is 22.4. The van der Waals surface area contributed by atoms with Crippen molar-refractivity contribution in [2.75, 3.05) is 6.54 Å². The number of hydrogen-bond donors (Lipinski definition) is 1. The van der Waals surface area contributed by atoms with Gasteiger partial charge in [-0.05, 0) is 56.3 Å². The van der Waals surface area contributed by atoms with Crippen LogP contribution in [0.5, 0.6) is 0 Å². The first kappa shape index (κ1) is 14.7. The first-order valence-corrected chi connectivity index (χ1v) is 7.95. The minimum Gasteiger partial charge on any atom is -0.339 e. The Kier molecular flexibility index (Phi) is 4.35.